The average molecular weight is 580 g/mol. The molecular formula is C32H50BN5O4. The van der Waals surface area contributed by atoms with E-state index in [0.29, 0.717) is 43.6 Å². The summed E-state index contributed by atoms with van der Waals surface area (Å²) < 4.78 is 13.3. The molecule has 9 nitrogen and oxygen atoms in total. The van der Waals surface area contributed by atoms with Crippen molar-refractivity contribution in [2.24, 2.45) is 23.2 Å². The molecule has 1 saturated heterocycles. The number of guanidine groups is 1. The molecule has 10 heteroatoms. The fraction of sp³-hybridized carbons (Fsp3) is 0.656. The summed E-state index contributed by atoms with van der Waals surface area (Å²) in [6.07, 6.45) is 7.11. The summed E-state index contributed by atoms with van der Waals surface area (Å²) in [5.74, 6) is 0.685. The molecule has 1 aliphatic heterocycles. The molecule has 5 N–H and O–H groups in total. The number of carbonyl (C=O) groups is 2. The Bertz CT molecular complexity index is 1170. The Labute approximate surface area is 252 Å². The van der Waals surface area contributed by atoms with Gasteiger partial charge >= 0.3 is 7.12 Å². The van der Waals surface area contributed by atoms with Crippen LogP contribution >= 0.6 is 0 Å². The van der Waals surface area contributed by atoms with Gasteiger partial charge in [-0.15, -0.1) is 0 Å². The summed E-state index contributed by atoms with van der Waals surface area (Å²) >= 11 is 0. The number of hydrogen-bond acceptors (Lipinski definition) is 5. The van der Waals surface area contributed by atoms with Crippen LogP contribution in [0.2, 0.25) is 0 Å². The van der Waals surface area contributed by atoms with Crippen molar-refractivity contribution in [3.63, 3.8) is 0 Å². The third kappa shape index (κ3) is 7.20. The topological polar surface area (TPSA) is 125 Å². The number of benzene rings is 1. The normalized spacial score (nSPS) is 27.1. The van der Waals surface area contributed by atoms with Crippen molar-refractivity contribution in [3.8, 4) is 0 Å². The van der Waals surface area contributed by atoms with E-state index in [1.807, 2.05) is 31.2 Å². The Morgan fingerprint density at radius 2 is 1.95 bits per heavy atom. The highest BCUT2D eigenvalue weighted by molar-refractivity contribution is 6.48. The second-order valence-corrected chi connectivity index (χ2v) is 13.6. The van der Waals surface area contributed by atoms with Crippen molar-refractivity contribution < 1.29 is 18.9 Å². The maximum Gasteiger partial charge on any atom is 0.481 e. The minimum atomic E-state index is -0.745. The molecule has 42 heavy (non-hydrogen) atoms. The van der Waals surface area contributed by atoms with Crippen LogP contribution in [0, 0.1) is 35.5 Å². The SMILES string of the molecule is CNC(=N)NCCC[C@H](NC(=O)/C=C/c1cccc(C)c1)C(=O)N[C@@H](CC(C)C)B1O[C@@H]2C[C@@H]3C[C@@H](C3(C)C)[C@]2(C)O1. The molecule has 6 atom stereocenters. The van der Waals surface area contributed by atoms with E-state index in [2.05, 4.69) is 55.9 Å². The van der Waals surface area contributed by atoms with Crippen LogP contribution in [-0.4, -0.2) is 62.2 Å². The average Bonchev–Trinajstić information content (AvgIpc) is 3.30. The molecule has 1 aromatic carbocycles. The number of aryl methyl sites for hydroxylation is 1. The smallest absolute Gasteiger partial charge is 0.404 e. The minimum absolute atomic E-state index is 0.0293. The van der Waals surface area contributed by atoms with Gasteiger partial charge in [-0.1, -0.05) is 57.5 Å². The second-order valence-electron chi connectivity index (χ2n) is 13.6. The summed E-state index contributed by atoms with van der Waals surface area (Å²) in [7, 11) is 1.15. The number of carbonyl (C=O) groups excluding carboxylic acids is 2. The van der Waals surface area contributed by atoms with Crippen LogP contribution in [0.15, 0.2) is 30.3 Å². The predicted molar refractivity (Wildman–Crippen MR) is 168 cm³/mol. The minimum Gasteiger partial charge on any atom is -0.404 e. The molecule has 0 spiro atoms. The Balaban J connectivity index is 1.44. The van der Waals surface area contributed by atoms with Crippen molar-refractivity contribution >= 4 is 31.0 Å². The Kier molecular flexibility index (Phi) is 10.1. The first kappa shape index (κ1) is 32.1. The lowest BCUT2D eigenvalue weighted by Crippen LogP contribution is -2.65. The monoisotopic (exact) mass is 579 g/mol. The van der Waals surface area contributed by atoms with E-state index in [0.717, 1.165) is 17.5 Å². The van der Waals surface area contributed by atoms with Crippen LogP contribution in [0.4, 0.5) is 0 Å². The van der Waals surface area contributed by atoms with Crippen molar-refractivity contribution in [2.75, 3.05) is 13.6 Å². The third-order valence-electron chi connectivity index (χ3n) is 9.67. The van der Waals surface area contributed by atoms with Crippen LogP contribution in [0.25, 0.3) is 6.08 Å². The van der Waals surface area contributed by atoms with Gasteiger partial charge in [-0.05, 0) is 80.8 Å². The molecule has 5 rings (SSSR count). The van der Waals surface area contributed by atoms with Crippen LogP contribution in [-0.2, 0) is 18.9 Å². The molecule has 0 radical (unpaired) electrons. The number of hydrogen-bond donors (Lipinski definition) is 5. The van der Waals surface area contributed by atoms with Crippen molar-refractivity contribution in [1.29, 1.82) is 5.41 Å². The van der Waals surface area contributed by atoms with Gasteiger partial charge in [0, 0.05) is 19.7 Å². The summed E-state index contributed by atoms with van der Waals surface area (Å²) in [6.45, 7) is 13.6. The highest BCUT2D eigenvalue weighted by Gasteiger charge is 2.68. The molecule has 3 aliphatic carbocycles. The highest BCUT2D eigenvalue weighted by atomic mass is 16.7. The van der Waals surface area contributed by atoms with E-state index in [-0.39, 0.29) is 40.8 Å². The molecule has 4 aliphatic rings. The maximum absolute atomic E-state index is 13.8. The van der Waals surface area contributed by atoms with Gasteiger partial charge in [-0.25, -0.2) is 0 Å². The van der Waals surface area contributed by atoms with Gasteiger partial charge in [0.15, 0.2) is 5.96 Å². The second kappa shape index (κ2) is 13.2. The number of amides is 2. The van der Waals surface area contributed by atoms with E-state index in [9.17, 15) is 9.59 Å². The van der Waals surface area contributed by atoms with Gasteiger partial charge < -0.3 is 30.6 Å². The predicted octanol–water partition coefficient (Wildman–Crippen LogP) is 3.82. The van der Waals surface area contributed by atoms with Crippen LogP contribution < -0.4 is 21.3 Å². The van der Waals surface area contributed by atoms with Gasteiger partial charge in [0.2, 0.25) is 11.8 Å². The summed E-state index contributed by atoms with van der Waals surface area (Å²) in [5, 5.41) is 19.6. The van der Waals surface area contributed by atoms with E-state index < -0.39 is 13.2 Å². The zero-order chi connectivity index (χ0) is 30.7. The van der Waals surface area contributed by atoms with Gasteiger partial charge in [0.1, 0.15) is 6.04 Å². The summed E-state index contributed by atoms with van der Waals surface area (Å²) in [4.78, 5) is 26.7. The van der Waals surface area contributed by atoms with Gasteiger partial charge in [-0.3, -0.25) is 15.0 Å². The molecule has 1 aromatic rings. The molecule has 2 bridgehead atoms. The van der Waals surface area contributed by atoms with E-state index in [1.165, 1.54) is 12.5 Å². The Morgan fingerprint density at radius 1 is 1.19 bits per heavy atom. The number of rotatable bonds is 12. The Morgan fingerprint density at radius 3 is 2.62 bits per heavy atom. The zero-order valence-electron chi connectivity index (χ0n) is 26.4. The third-order valence-corrected chi connectivity index (χ3v) is 9.67. The molecule has 1 heterocycles. The molecular weight excluding hydrogens is 529 g/mol. The quantitative estimate of drug-likeness (QED) is 0.0844. The first-order chi connectivity index (χ1) is 19.8. The van der Waals surface area contributed by atoms with Crippen molar-refractivity contribution in [1.82, 2.24) is 21.3 Å². The maximum atomic E-state index is 13.8. The fourth-order valence-corrected chi connectivity index (χ4v) is 7.14. The first-order valence-electron chi connectivity index (χ1n) is 15.5. The van der Waals surface area contributed by atoms with Crippen molar-refractivity contribution in [2.45, 2.75) is 97.3 Å². The molecule has 4 fully saturated rings. The number of nitrogens with one attached hydrogen (secondary N) is 5. The van der Waals surface area contributed by atoms with Crippen LogP contribution in [0.1, 0.15) is 77.8 Å². The summed E-state index contributed by atoms with van der Waals surface area (Å²) in [6, 6.07) is 7.14. The zero-order valence-corrected chi connectivity index (χ0v) is 26.4. The molecule has 0 unspecified atom stereocenters. The van der Waals surface area contributed by atoms with Crippen LogP contribution in [0.5, 0.6) is 0 Å². The van der Waals surface area contributed by atoms with Crippen LogP contribution in [0.3, 0.4) is 0 Å². The van der Waals surface area contributed by atoms with E-state index in [4.69, 9.17) is 14.7 Å². The first-order valence-corrected chi connectivity index (χ1v) is 15.5. The van der Waals surface area contributed by atoms with Gasteiger partial charge in [-0.2, -0.15) is 0 Å². The van der Waals surface area contributed by atoms with E-state index in [1.54, 1.807) is 13.1 Å². The lowest BCUT2D eigenvalue weighted by atomic mass is 9.43. The largest absolute Gasteiger partial charge is 0.481 e. The molecule has 230 valence electrons. The van der Waals surface area contributed by atoms with Gasteiger partial charge in [0.05, 0.1) is 17.6 Å². The molecule has 2 amide bonds. The molecule has 0 aromatic heterocycles. The lowest BCUT2D eigenvalue weighted by molar-refractivity contribution is -0.199. The lowest BCUT2D eigenvalue weighted by Gasteiger charge is -2.64. The summed E-state index contributed by atoms with van der Waals surface area (Å²) in [5.41, 5.74) is 1.90. The van der Waals surface area contributed by atoms with Gasteiger partial charge in [0.25, 0.3) is 0 Å². The molecule has 3 saturated carbocycles. The van der Waals surface area contributed by atoms with Crippen molar-refractivity contribution in [3.05, 3.63) is 41.5 Å². The highest BCUT2D eigenvalue weighted by Crippen LogP contribution is 2.65. The van der Waals surface area contributed by atoms with E-state index >= 15 is 0 Å². The standard InChI is InChI=1S/C32H50BN5O4/c1-20(2)16-27(33-41-26-19-23-18-25(31(23,4)5)32(26,6)42-33)38-29(40)24(12-9-15-36-30(34)35-7)37-28(39)14-13-22-11-8-10-21(3)17-22/h8,10-11,13-14,17,20,23-27H,9,12,15-16,18-19H2,1-7H3,(H,37,39)(H,38,40)(H3,34,35,36)/b14-13+/t23-,24-,25-,26+,27-,32-/m0/s1. The Hall–Kier alpha value is -2.85. The fourth-order valence-electron chi connectivity index (χ4n) is 7.14.